The molecule has 1 aromatic heterocycles. The molecule has 1 amide bonds. The highest BCUT2D eigenvalue weighted by Crippen LogP contribution is 2.29. The van der Waals surface area contributed by atoms with E-state index in [4.69, 9.17) is 26.3 Å². The number of anilines is 1. The van der Waals surface area contributed by atoms with Crippen LogP contribution >= 0.6 is 11.6 Å². The number of benzene rings is 3. The zero-order valence-corrected chi connectivity index (χ0v) is 18.4. The summed E-state index contributed by atoms with van der Waals surface area (Å²) < 4.78 is 10.6. The summed E-state index contributed by atoms with van der Waals surface area (Å²) in [4.78, 5) is 20.2. The Labute approximate surface area is 195 Å². The van der Waals surface area contributed by atoms with E-state index in [0.29, 0.717) is 28.0 Å². The first-order valence-corrected chi connectivity index (χ1v) is 10.4. The lowest BCUT2D eigenvalue weighted by Crippen LogP contribution is -2.07. The Bertz CT molecular complexity index is 1390. The number of nitriles is 1. The number of nitrogens with one attached hydrogen (secondary N) is 2. The Hall–Kier alpha value is -4.28. The summed E-state index contributed by atoms with van der Waals surface area (Å²) in [5, 5.41) is 12.1. The van der Waals surface area contributed by atoms with Crippen molar-refractivity contribution in [2.45, 2.75) is 0 Å². The Kier molecular flexibility index (Phi) is 6.58. The minimum atomic E-state index is -0.288. The number of nitrogens with zero attached hydrogens (tertiary/aromatic N) is 2. The van der Waals surface area contributed by atoms with Crippen LogP contribution in [0.2, 0.25) is 5.02 Å². The number of amides is 1. The molecule has 0 bridgehead atoms. The van der Waals surface area contributed by atoms with Gasteiger partial charge in [0, 0.05) is 17.3 Å². The second kappa shape index (κ2) is 9.90. The van der Waals surface area contributed by atoms with Crippen LogP contribution in [-0.4, -0.2) is 29.6 Å². The highest BCUT2D eigenvalue weighted by molar-refractivity contribution is 6.33. The molecule has 164 valence electrons. The number of aromatic amines is 1. The van der Waals surface area contributed by atoms with Crippen LogP contribution in [0.1, 0.15) is 5.56 Å². The number of fused-ring (bicyclic) bond motifs is 1. The van der Waals surface area contributed by atoms with E-state index in [0.717, 1.165) is 22.2 Å². The quantitative estimate of drug-likeness (QED) is 0.359. The fourth-order valence-electron chi connectivity index (χ4n) is 3.24. The Morgan fingerprint density at radius 3 is 2.82 bits per heavy atom. The Morgan fingerprint density at radius 2 is 2.03 bits per heavy atom. The van der Waals surface area contributed by atoms with Crippen molar-refractivity contribution in [3.8, 4) is 29.0 Å². The number of carbonyl (C=O) groups excluding carboxylic acids is 1. The third-order valence-corrected chi connectivity index (χ3v) is 5.12. The molecular weight excluding hydrogens is 440 g/mol. The van der Waals surface area contributed by atoms with Crippen LogP contribution < -0.4 is 14.8 Å². The van der Waals surface area contributed by atoms with Crippen LogP contribution in [0.15, 0.2) is 66.7 Å². The summed E-state index contributed by atoms with van der Waals surface area (Å²) >= 11 is 6.27. The fraction of sp³-hybridized carbons (Fsp3) is 0.0800. The minimum absolute atomic E-state index is 0.0749. The van der Waals surface area contributed by atoms with E-state index in [9.17, 15) is 4.79 Å². The monoisotopic (exact) mass is 458 g/mol. The molecule has 0 aliphatic carbocycles. The first kappa shape index (κ1) is 21.9. The molecule has 0 fully saturated rings. The van der Waals surface area contributed by atoms with Gasteiger partial charge in [0.15, 0.2) is 18.1 Å². The number of ether oxygens (including phenoxy) is 2. The van der Waals surface area contributed by atoms with Crippen molar-refractivity contribution in [1.82, 2.24) is 9.97 Å². The van der Waals surface area contributed by atoms with Gasteiger partial charge in [0.25, 0.3) is 0 Å². The zero-order chi connectivity index (χ0) is 23.2. The van der Waals surface area contributed by atoms with E-state index in [-0.39, 0.29) is 12.5 Å². The average molecular weight is 459 g/mol. The number of methoxy groups -OCH3 is 1. The number of aromatic nitrogens is 2. The third-order valence-electron chi connectivity index (χ3n) is 4.79. The van der Waals surface area contributed by atoms with Crippen LogP contribution in [0.3, 0.4) is 0 Å². The van der Waals surface area contributed by atoms with E-state index in [2.05, 4.69) is 15.3 Å². The van der Waals surface area contributed by atoms with Gasteiger partial charge in [-0.05, 0) is 54.1 Å². The number of H-pyrrole nitrogens is 1. The fourth-order valence-corrected chi connectivity index (χ4v) is 3.47. The summed E-state index contributed by atoms with van der Waals surface area (Å²) in [7, 11) is 1.51. The number of imidazole rings is 1. The highest BCUT2D eigenvalue weighted by atomic mass is 35.5. The molecule has 0 radical (unpaired) electrons. The predicted molar refractivity (Wildman–Crippen MR) is 128 cm³/mol. The number of hydrogen-bond acceptors (Lipinski definition) is 5. The van der Waals surface area contributed by atoms with Gasteiger partial charge in [-0.25, -0.2) is 4.98 Å². The minimum Gasteiger partial charge on any atom is -0.493 e. The van der Waals surface area contributed by atoms with Crippen molar-refractivity contribution >= 4 is 40.3 Å². The molecule has 7 nitrogen and oxygen atoms in total. The molecule has 0 aliphatic rings. The molecule has 4 aromatic rings. The molecule has 4 rings (SSSR count). The summed E-state index contributed by atoms with van der Waals surface area (Å²) in [5.74, 6) is 1.32. The van der Waals surface area contributed by atoms with Crippen LogP contribution in [-0.2, 0) is 4.79 Å². The van der Waals surface area contributed by atoms with Crippen molar-refractivity contribution in [2.75, 3.05) is 19.0 Å². The maximum absolute atomic E-state index is 12.4. The average Bonchev–Trinajstić information content (AvgIpc) is 3.25. The summed E-state index contributed by atoms with van der Waals surface area (Å²) in [6.07, 6.45) is 3.09. The van der Waals surface area contributed by atoms with Gasteiger partial charge in [0.05, 0.1) is 23.2 Å². The summed E-state index contributed by atoms with van der Waals surface area (Å²) in [6.45, 7) is -0.0749. The van der Waals surface area contributed by atoms with E-state index in [1.165, 1.54) is 13.2 Å². The van der Waals surface area contributed by atoms with Crippen molar-refractivity contribution in [1.29, 1.82) is 5.26 Å². The predicted octanol–water partition coefficient (Wildman–Crippen LogP) is 5.45. The van der Waals surface area contributed by atoms with Crippen LogP contribution in [0.25, 0.3) is 28.5 Å². The van der Waals surface area contributed by atoms with E-state index in [1.807, 2.05) is 42.5 Å². The van der Waals surface area contributed by atoms with E-state index in [1.54, 1.807) is 30.3 Å². The standard InChI is InChI=1S/C25H19ClN4O3/c1-32-23-14-16(6-10-22(23)33-13-12-27)7-11-24(31)28-17-8-9-20-21(15-17)30-25(29-20)18-4-2-3-5-19(18)26/h2-11,14-15H,13H2,1H3,(H,28,31)(H,29,30)/b11-7+. The number of hydrogen-bond donors (Lipinski definition) is 2. The molecular formula is C25H19ClN4O3. The summed E-state index contributed by atoms with van der Waals surface area (Å²) in [6, 6.07) is 20.0. The molecule has 1 heterocycles. The van der Waals surface area contributed by atoms with Crippen LogP contribution in [0.5, 0.6) is 11.5 Å². The van der Waals surface area contributed by atoms with Gasteiger partial charge in [0.2, 0.25) is 5.91 Å². The molecule has 0 saturated carbocycles. The molecule has 0 aliphatic heterocycles. The molecule has 33 heavy (non-hydrogen) atoms. The first-order chi connectivity index (χ1) is 16.1. The number of halogens is 1. The van der Waals surface area contributed by atoms with Crippen molar-refractivity contribution in [3.05, 3.63) is 77.3 Å². The van der Waals surface area contributed by atoms with Gasteiger partial charge >= 0.3 is 0 Å². The van der Waals surface area contributed by atoms with Crippen molar-refractivity contribution < 1.29 is 14.3 Å². The molecule has 0 atom stereocenters. The molecule has 0 unspecified atom stereocenters. The lowest BCUT2D eigenvalue weighted by Gasteiger charge is -2.08. The van der Waals surface area contributed by atoms with Crippen molar-refractivity contribution in [2.24, 2.45) is 0 Å². The molecule has 0 saturated heterocycles. The van der Waals surface area contributed by atoms with E-state index < -0.39 is 0 Å². The second-order valence-corrected chi connectivity index (χ2v) is 7.38. The highest BCUT2D eigenvalue weighted by Gasteiger charge is 2.10. The largest absolute Gasteiger partial charge is 0.493 e. The molecule has 2 N–H and O–H groups in total. The first-order valence-electron chi connectivity index (χ1n) is 9.99. The Morgan fingerprint density at radius 1 is 1.18 bits per heavy atom. The number of rotatable bonds is 7. The van der Waals surface area contributed by atoms with Crippen molar-refractivity contribution in [3.63, 3.8) is 0 Å². The van der Waals surface area contributed by atoms with Crippen LogP contribution in [0, 0.1) is 11.3 Å². The third kappa shape index (κ3) is 5.14. The molecule has 8 heteroatoms. The van der Waals surface area contributed by atoms with Gasteiger partial charge in [-0.1, -0.05) is 29.8 Å². The maximum atomic E-state index is 12.4. The lowest BCUT2D eigenvalue weighted by molar-refractivity contribution is -0.111. The Balaban J connectivity index is 1.47. The second-order valence-electron chi connectivity index (χ2n) is 6.98. The molecule has 0 spiro atoms. The topological polar surface area (TPSA) is 100 Å². The SMILES string of the molecule is COc1cc(/C=C/C(=O)Nc2ccc3nc(-c4ccccc4Cl)[nH]c3c2)ccc1OCC#N. The van der Waals surface area contributed by atoms with E-state index >= 15 is 0 Å². The van der Waals surface area contributed by atoms with Gasteiger partial charge < -0.3 is 19.8 Å². The lowest BCUT2D eigenvalue weighted by atomic mass is 10.2. The van der Waals surface area contributed by atoms with Crippen LogP contribution in [0.4, 0.5) is 5.69 Å². The molecule has 3 aromatic carbocycles. The van der Waals surface area contributed by atoms with Gasteiger partial charge in [-0.2, -0.15) is 5.26 Å². The van der Waals surface area contributed by atoms with Gasteiger partial charge in [-0.3, -0.25) is 4.79 Å². The smallest absolute Gasteiger partial charge is 0.248 e. The summed E-state index contributed by atoms with van der Waals surface area (Å²) in [5.41, 5.74) is 3.74. The zero-order valence-electron chi connectivity index (χ0n) is 17.6. The normalized spacial score (nSPS) is 10.8. The number of carbonyl (C=O) groups is 1. The van der Waals surface area contributed by atoms with Gasteiger partial charge in [0.1, 0.15) is 11.9 Å². The van der Waals surface area contributed by atoms with Gasteiger partial charge in [-0.15, -0.1) is 0 Å². The maximum Gasteiger partial charge on any atom is 0.248 e.